The van der Waals surface area contributed by atoms with Crippen molar-refractivity contribution in [2.75, 3.05) is 20.8 Å². The summed E-state index contributed by atoms with van der Waals surface area (Å²) in [6, 6.07) is 11.8. The molecule has 0 aromatic heterocycles. The van der Waals surface area contributed by atoms with Gasteiger partial charge in [0.1, 0.15) is 5.75 Å². The van der Waals surface area contributed by atoms with E-state index in [0.717, 1.165) is 24.5 Å². The summed E-state index contributed by atoms with van der Waals surface area (Å²) >= 11 is 6.31. The van der Waals surface area contributed by atoms with Crippen LogP contribution in [0, 0.1) is 5.92 Å². The Morgan fingerprint density at radius 2 is 1.60 bits per heavy atom. The van der Waals surface area contributed by atoms with Gasteiger partial charge in [0.15, 0.2) is 11.5 Å². The molecule has 5 heteroatoms. The highest BCUT2D eigenvalue weighted by atomic mass is 35.5. The number of nitrogens with one attached hydrogen (secondary N) is 1. The maximum atomic E-state index is 6.31. The van der Waals surface area contributed by atoms with E-state index in [2.05, 4.69) is 31.3 Å². The summed E-state index contributed by atoms with van der Waals surface area (Å²) < 4.78 is 16.3. The first-order chi connectivity index (χ1) is 12.0. The van der Waals surface area contributed by atoms with Gasteiger partial charge in [-0.15, -0.1) is 0 Å². The number of halogens is 1. The Balaban J connectivity index is 1.90. The van der Waals surface area contributed by atoms with Crippen LogP contribution in [0.4, 0.5) is 0 Å². The van der Waals surface area contributed by atoms with Crippen LogP contribution in [-0.4, -0.2) is 20.8 Å². The van der Waals surface area contributed by atoms with Gasteiger partial charge < -0.3 is 19.5 Å². The zero-order chi connectivity index (χ0) is 18.2. The lowest BCUT2D eigenvalue weighted by molar-refractivity contribution is 0.271. The summed E-state index contributed by atoms with van der Waals surface area (Å²) in [6.07, 6.45) is 0. The predicted octanol–water partition coefficient (Wildman–Crippen LogP) is 4.68. The molecular weight excluding hydrogens is 338 g/mol. The minimum absolute atomic E-state index is 0.521. The van der Waals surface area contributed by atoms with Gasteiger partial charge in [0.25, 0.3) is 0 Å². The zero-order valence-electron chi connectivity index (χ0n) is 15.3. The fourth-order valence-electron chi connectivity index (χ4n) is 2.34. The second-order valence-electron chi connectivity index (χ2n) is 6.25. The largest absolute Gasteiger partial charge is 0.493 e. The van der Waals surface area contributed by atoms with Crippen molar-refractivity contribution >= 4 is 11.6 Å². The summed E-state index contributed by atoms with van der Waals surface area (Å²) in [5.41, 5.74) is 2.16. The third-order valence-corrected chi connectivity index (χ3v) is 4.06. The molecule has 0 unspecified atom stereocenters. The third kappa shape index (κ3) is 5.83. The minimum Gasteiger partial charge on any atom is -0.493 e. The summed E-state index contributed by atoms with van der Waals surface area (Å²) in [4.78, 5) is 0. The smallest absolute Gasteiger partial charge is 0.162 e. The zero-order valence-corrected chi connectivity index (χ0v) is 16.0. The van der Waals surface area contributed by atoms with Gasteiger partial charge in [-0.3, -0.25) is 0 Å². The van der Waals surface area contributed by atoms with E-state index in [4.69, 9.17) is 25.8 Å². The average molecular weight is 364 g/mol. The number of hydrogen-bond donors (Lipinski definition) is 1. The van der Waals surface area contributed by atoms with Crippen LogP contribution >= 0.6 is 11.6 Å². The van der Waals surface area contributed by atoms with Crippen molar-refractivity contribution in [3.8, 4) is 17.2 Å². The van der Waals surface area contributed by atoms with Crippen molar-refractivity contribution in [2.45, 2.75) is 26.9 Å². The molecule has 2 aromatic carbocycles. The summed E-state index contributed by atoms with van der Waals surface area (Å²) in [7, 11) is 3.21. The van der Waals surface area contributed by atoms with Crippen LogP contribution in [0.15, 0.2) is 36.4 Å². The molecule has 0 aliphatic heterocycles. The maximum Gasteiger partial charge on any atom is 0.162 e. The Labute approximate surface area is 155 Å². The van der Waals surface area contributed by atoms with Gasteiger partial charge in [0.05, 0.1) is 20.8 Å². The molecule has 0 heterocycles. The van der Waals surface area contributed by atoms with E-state index in [1.165, 1.54) is 5.56 Å². The Kier molecular flexibility index (Phi) is 7.41. The van der Waals surface area contributed by atoms with Gasteiger partial charge in [-0.25, -0.2) is 0 Å². The Bertz CT molecular complexity index is 671. The molecule has 2 aromatic rings. The number of rotatable bonds is 9. The van der Waals surface area contributed by atoms with E-state index in [-0.39, 0.29) is 0 Å². The highest BCUT2D eigenvalue weighted by molar-refractivity contribution is 6.31. The van der Waals surface area contributed by atoms with Crippen LogP contribution in [0.2, 0.25) is 5.02 Å². The fraction of sp³-hybridized carbons (Fsp3) is 0.400. The number of ether oxygens (including phenoxy) is 3. The van der Waals surface area contributed by atoms with Crippen molar-refractivity contribution in [3.63, 3.8) is 0 Å². The number of hydrogen-bond acceptors (Lipinski definition) is 4. The SMILES string of the molecule is COc1cc(Cl)c(CNCc2ccc(OCC(C)C)cc2)cc1OC. The fourth-order valence-corrected chi connectivity index (χ4v) is 2.56. The summed E-state index contributed by atoms with van der Waals surface area (Å²) in [5.74, 6) is 2.73. The molecule has 0 saturated heterocycles. The van der Waals surface area contributed by atoms with Crippen LogP contribution in [0.3, 0.4) is 0 Å². The molecule has 0 bridgehead atoms. The molecule has 0 amide bonds. The Morgan fingerprint density at radius 1 is 0.960 bits per heavy atom. The van der Waals surface area contributed by atoms with E-state index in [1.807, 2.05) is 18.2 Å². The van der Waals surface area contributed by atoms with Gasteiger partial charge in [-0.1, -0.05) is 37.6 Å². The molecule has 136 valence electrons. The lowest BCUT2D eigenvalue weighted by Gasteiger charge is -2.13. The van der Waals surface area contributed by atoms with Crippen LogP contribution in [-0.2, 0) is 13.1 Å². The predicted molar refractivity (Wildman–Crippen MR) is 102 cm³/mol. The van der Waals surface area contributed by atoms with E-state index in [1.54, 1.807) is 20.3 Å². The molecule has 0 fully saturated rings. The van der Waals surface area contributed by atoms with E-state index in [9.17, 15) is 0 Å². The summed E-state index contributed by atoms with van der Waals surface area (Å²) in [5, 5.41) is 4.05. The first-order valence-electron chi connectivity index (χ1n) is 8.36. The van der Waals surface area contributed by atoms with Crippen LogP contribution < -0.4 is 19.5 Å². The highest BCUT2D eigenvalue weighted by Crippen LogP contribution is 2.33. The van der Waals surface area contributed by atoms with Crippen LogP contribution in [0.25, 0.3) is 0 Å². The molecule has 0 spiro atoms. The first kappa shape index (κ1) is 19.4. The maximum absolute atomic E-state index is 6.31. The molecule has 0 radical (unpaired) electrons. The van der Waals surface area contributed by atoms with E-state index < -0.39 is 0 Å². The van der Waals surface area contributed by atoms with Crippen molar-refractivity contribution in [2.24, 2.45) is 5.92 Å². The van der Waals surface area contributed by atoms with Gasteiger partial charge in [0, 0.05) is 24.2 Å². The summed E-state index contributed by atoms with van der Waals surface area (Å²) in [6.45, 7) is 6.39. The number of benzene rings is 2. The quantitative estimate of drug-likeness (QED) is 0.702. The molecule has 0 atom stereocenters. The molecule has 4 nitrogen and oxygen atoms in total. The van der Waals surface area contributed by atoms with Gasteiger partial charge in [0.2, 0.25) is 0 Å². The topological polar surface area (TPSA) is 39.7 Å². The van der Waals surface area contributed by atoms with Gasteiger partial charge in [-0.05, 0) is 35.2 Å². The van der Waals surface area contributed by atoms with Gasteiger partial charge >= 0.3 is 0 Å². The molecule has 25 heavy (non-hydrogen) atoms. The lowest BCUT2D eigenvalue weighted by Crippen LogP contribution is -2.13. The van der Waals surface area contributed by atoms with Crippen molar-refractivity contribution < 1.29 is 14.2 Å². The van der Waals surface area contributed by atoms with Crippen molar-refractivity contribution in [1.29, 1.82) is 0 Å². The standard InChI is InChI=1S/C20H26ClNO3/c1-14(2)13-25-17-7-5-15(6-8-17)11-22-12-16-9-19(23-3)20(24-4)10-18(16)21/h5-10,14,22H,11-13H2,1-4H3. The van der Waals surface area contributed by atoms with Crippen LogP contribution in [0.5, 0.6) is 17.2 Å². The second kappa shape index (κ2) is 9.54. The molecule has 0 saturated carbocycles. The van der Waals surface area contributed by atoms with E-state index in [0.29, 0.717) is 29.0 Å². The average Bonchev–Trinajstić information content (AvgIpc) is 2.61. The highest BCUT2D eigenvalue weighted by Gasteiger charge is 2.09. The molecular formula is C20H26ClNO3. The molecule has 0 aliphatic rings. The molecule has 2 rings (SSSR count). The Hall–Kier alpha value is -1.91. The molecule has 0 aliphatic carbocycles. The van der Waals surface area contributed by atoms with Crippen molar-refractivity contribution in [3.05, 3.63) is 52.5 Å². The second-order valence-corrected chi connectivity index (χ2v) is 6.66. The first-order valence-corrected chi connectivity index (χ1v) is 8.74. The van der Waals surface area contributed by atoms with Crippen LogP contribution in [0.1, 0.15) is 25.0 Å². The van der Waals surface area contributed by atoms with Gasteiger partial charge in [-0.2, -0.15) is 0 Å². The van der Waals surface area contributed by atoms with E-state index >= 15 is 0 Å². The lowest BCUT2D eigenvalue weighted by atomic mass is 10.1. The molecule has 1 N–H and O–H groups in total. The Morgan fingerprint density at radius 3 is 2.20 bits per heavy atom. The number of methoxy groups -OCH3 is 2. The van der Waals surface area contributed by atoms with Crippen molar-refractivity contribution in [1.82, 2.24) is 5.32 Å². The minimum atomic E-state index is 0.521. The third-order valence-electron chi connectivity index (χ3n) is 3.70. The monoisotopic (exact) mass is 363 g/mol. The normalized spacial score (nSPS) is 10.8.